The number of carbonyl (C=O) groups is 1. The number of ether oxygens (including phenoxy) is 2. The average Bonchev–Trinajstić information content (AvgIpc) is 2.97. The highest BCUT2D eigenvalue weighted by atomic mass is 32.1. The standard InChI is InChI=1S/C12H10N2O3S/c1-7-5-9(14-18-7)12(15)13-8-3-2-4-10-11(8)17-6-16-10/h2-5H,6H2,1H3,(H,13,15). The first kappa shape index (κ1) is 11.0. The lowest BCUT2D eigenvalue weighted by Gasteiger charge is -2.06. The summed E-state index contributed by atoms with van der Waals surface area (Å²) in [6.07, 6.45) is 0. The van der Waals surface area contributed by atoms with Gasteiger partial charge in [-0.3, -0.25) is 4.79 Å². The molecule has 1 aliphatic heterocycles. The third-order valence-electron chi connectivity index (χ3n) is 2.51. The molecule has 1 amide bonds. The summed E-state index contributed by atoms with van der Waals surface area (Å²) in [6.45, 7) is 2.09. The predicted molar refractivity (Wildman–Crippen MR) is 67.4 cm³/mol. The van der Waals surface area contributed by atoms with Crippen LogP contribution in [0.25, 0.3) is 0 Å². The van der Waals surface area contributed by atoms with Crippen molar-refractivity contribution in [3.05, 3.63) is 34.8 Å². The van der Waals surface area contributed by atoms with Gasteiger partial charge in [0.2, 0.25) is 6.79 Å². The van der Waals surface area contributed by atoms with Crippen molar-refractivity contribution in [1.29, 1.82) is 0 Å². The van der Waals surface area contributed by atoms with Gasteiger partial charge in [0.15, 0.2) is 11.5 Å². The van der Waals surface area contributed by atoms with E-state index in [9.17, 15) is 4.79 Å². The van der Waals surface area contributed by atoms with Gasteiger partial charge >= 0.3 is 0 Å². The van der Waals surface area contributed by atoms with Gasteiger partial charge in [-0.15, -0.1) is 0 Å². The van der Waals surface area contributed by atoms with Crippen molar-refractivity contribution in [2.45, 2.75) is 6.92 Å². The third-order valence-corrected chi connectivity index (χ3v) is 3.20. The Kier molecular flexibility index (Phi) is 2.64. The van der Waals surface area contributed by atoms with E-state index >= 15 is 0 Å². The molecule has 0 saturated heterocycles. The van der Waals surface area contributed by atoms with Gasteiger partial charge in [-0.2, -0.15) is 4.37 Å². The summed E-state index contributed by atoms with van der Waals surface area (Å²) in [6, 6.07) is 7.12. The van der Waals surface area contributed by atoms with Crippen LogP contribution in [-0.4, -0.2) is 17.1 Å². The van der Waals surface area contributed by atoms with Crippen molar-refractivity contribution < 1.29 is 14.3 Å². The van der Waals surface area contributed by atoms with E-state index in [2.05, 4.69) is 9.69 Å². The number of carbonyl (C=O) groups excluding carboxylic acids is 1. The lowest BCUT2D eigenvalue weighted by atomic mass is 10.2. The van der Waals surface area contributed by atoms with Crippen molar-refractivity contribution in [3.63, 3.8) is 0 Å². The van der Waals surface area contributed by atoms with Crippen molar-refractivity contribution >= 4 is 23.1 Å². The second-order valence-electron chi connectivity index (χ2n) is 3.82. The summed E-state index contributed by atoms with van der Waals surface area (Å²) in [5, 5.41) is 2.77. The van der Waals surface area contributed by atoms with Crippen molar-refractivity contribution in [1.82, 2.24) is 4.37 Å². The number of hydrogen-bond acceptors (Lipinski definition) is 5. The molecule has 2 heterocycles. The molecule has 0 atom stereocenters. The van der Waals surface area contributed by atoms with Crippen LogP contribution in [0.1, 0.15) is 15.4 Å². The van der Waals surface area contributed by atoms with Crippen LogP contribution in [0, 0.1) is 6.92 Å². The molecule has 1 aromatic carbocycles. The van der Waals surface area contributed by atoms with Crippen molar-refractivity contribution in [3.8, 4) is 11.5 Å². The fraction of sp³-hybridized carbons (Fsp3) is 0.167. The molecule has 0 spiro atoms. The molecular formula is C12H10N2O3S. The first-order valence-corrected chi connectivity index (χ1v) is 6.14. The number of fused-ring (bicyclic) bond motifs is 1. The van der Waals surface area contributed by atoms with E-state index in [1.165, 1.54) is 11.5 Å². The summed E-state index contributed by atoms with van der Waals surface area (Å²) in [7, 11) is 0. The SMILES string of the molecule is Cc1cc(C(=O)Nc2cccc3c2OCO3)ns1. The van der Waals surface area contributed by atoms with E-state index in [-0.39, 0.29) is 12.7 Å². The van der Waals surface area contributed by atoms with Gasteiger partial charge in [-0.25, -0.2) is 0 Å². The molecule has 0 radical (unpaired) electrons. The number of amides is 1. The number of aryl methyl sites for hydroxylation is 1. The van der Waals surface area contributed by atoms with E-state index in [4.69, 9.17) is 9.47 Å². The number of nitrogens with zero attached hydrogens (tertiary/aromatic N) is 1. The summed E-state index contributed by atoms with van der Waals surface area (Å²) < 4.78 is 14.6. The Morgan fingerprint density at radius 3 is 3.11 bits per heavy atom. The maximum Gasteiger partial charge on any atom is 0.275 e. The fourth-order valence-electron chi connectivity index (χ4n) is 1.69. The molecule has 18 heavy (non-hydrogen) atoms. The molecule has 0 aliphatic carbocycles. The van der Waals surface area contributed by atoms with Gasteiger partial charge in [0, 0.05) is 4.88 Å². The molecule has 5 nitrogen and oxygen atoms in total. The first-order valence-electron chi connectivity index (χ1n) is 5.37. The van der Waals surface area contributed by atoms with Crippen molar-refractivity contribution in [2.75, 3.05) is 12.1 Å². The predicted octanol–water partition coefficient (Wildman–Crippen LogP) is 2.43. The molecule has 3 rings (SSSR count). The quantitative estimate of drug-likeness (QED) is 0.903. The molecule has 0 unspecified atom stereocenters. The number of benzene rings is 1. The van der Waals surface area contributed by atoms with E-state index in [0.717, 1.165) is 4.88 Å². The normalized spacial score (nSPS) is 12.5. The Labute approximate surface area is 108 Å². The van der Waals surface area contributed by atoms with E-state index in [1.807, 2.05) is 6.92 Å². The monoisotopic (exact) mass is 262 g/mol. The largest absolute Gasteiger partial charge is 0.454 e. The van der Waals surface area contributed by atoms with Crippen LogP contribution in [0.3, 0.4) is 0 Å². The highest BCUT2D eigenvalue weighted by Crippen LogP contribution is 2.38. The lowest BCUT2D eigenvalue weighted by Crippen LogP contribution is -2.12. The smallest absolute Gasteiger partial charge is 0.275 e. The molecule has 0 fully saturated rings. The number of nitrogens with one attached hydrogen (secondary N) is 1. The zero-order valence-electron chi connectivity index (χ0n) is 9.60. The van der Waals surface area contributed by atoms with E-state index < -0.39 is 0 Å². The summed E-state index contributed by atoms with van der Waals surface area (Å²) in [5.41, 5.74) is 1.01. The Bertz CT molecular complexity index is 609. The van der Waals surface area contributed by atoms with Crippen LogP contribution in [-0.2, 0) is 0 Å². The highest BCUT2D eigenvalue weighted by Gasteiger charge is 2.19. The summed E-state index contributed by atoms with van der Waals surface area (Å²) in [5.74, 6) is 0.961. The molecular weight excluding hydrogens is 252 g/mol. The maximum absolute atomic E-state index is 12.0. The molecule has 2 aromatic rings. The minimum atomic E-state index is -0.247. The molecule has 1 aliphatic rings. The fourth-order valence-corrected chi connectivity index (χ4v) is 2.23. The van der Waals surface area contributed by atoms with Crippen LogP contribution in [0.4, 0.5) is 5.69 Å². The summed E-state index contributed by atoms with van der Waals surface area (Å²) in [4.78, 5) is 13.0. The number of anilines is 1. The topological polar surface area (TPSA) is 60.5 Å². The lowest BCUT2D eigenvalue weighted by molar-refractivity contribution is 0.102. The van der Waals surface area contributed by atoms with Gasteiger partial charge < -0.3 is 14.8 Å². The number of rotatable bonds is 2. The molecule has 1 N–H and O–H groups in total. The van der Waals surface area contributed by atoms with E-state index in [1.54, 1.807) is 24.3 Å². The Morgan fingerprint density at radius 1 is 1.44 bits per heavy atom. The number of hydrogen-bond donors (Lipinski definition) is 1. The van der Waals surface area contributed by atoms with Crippen LogP contribution in [0.5, 0.6) is 11.5 Å². The molecule has 92 valence electrons. The van der Waals surface area contributed by atoms with E-state index in [0.29, 0.717) is 22.9 Å². The zero-order valence-corrected chi connectivity index (χ0v) is 10.4. The van der Waals surface area contributed by atoms with Crippen LogP contribution in [0.15, 0.2) is 24.3 Å². The Morgan fingerprint density at radius 2 is 2.33 bits per heavy atom. The van der Waals surface area contributed by atoms with Gasteiger partial charge in [0.25, 0.3) is 5.91 Å². The van der Waals surface area contributed by atoms with Crippen molar-refractivity contribution in [2.24, 2.45) is 0 Å². The van der Waals surface area contributed by atoms with Gasteiger partial charge in [0.1, 0.15) is 5.69 Å². The Hall–Kier alpha value is -2.08. The first-order chi connectivity index (χ1) is 8.74. The third kappa shape index (κ3) is 1.91. The average molecular weight is 262 g/mol. The second-order valence-corrected chi connectivity index (χ2v) is 4.83. The van der Waals surface area contributed by atoms with Gasteiger partial charge in [-0.05, 0) is 36.7 Å². The van der Waals surface area contributed by atoms with Gasteiger partial charge in [-0.1, -0.05) is 6.07 Å². The number of aromatic nitrogens is 1. The van der Waals surface area contributed by atoms with Crippen LogP contribution >= 0.6 is 11.5 Å². The molecule has 0 saturated carbocycles. The molecule has 6 heteroatoms. The molecule has 1 aromatic heterocycles. The van der Waals surface area contributed by atoms with Crippen LogP contribution in [0.2, 0.25) is 0 Å². The second kappa shape index (κ2) is 4.30. The minimum absolute atomic E-state index is 0.179. The van der Waals surface area contributed by atoms with Gasteiger partial charge in [0.05, 0.1) is 5.69 Å². The zero-order chi connectivity index (χ0) is 12.5. The maximum atomic E-state index is 12.0. The van der Waals surface area contributed by atoms with Crippen LogP contribution < -0.4 is 14.8 Å². The summed E-state index contributed by atoms with van der Waals surface area (Å²) >= 11 is 1.30. The number of para-hydroxylation sites is 1. The molecule has 0 bridgehead atoms. The highest BCUT2D eigenvalue weighted by molar-refractivity contribution is 7.05. The Balaban J connectivity index is 1.85. The minimum Gasteiger partial charge on any atom is -0.454 e.